The van der Waals surface area contributed by atoms with Crippen molar-refractivity contribution >= 4 is 11.7 Å². The van der Waals surface area contributed by atoms with Crippen molar-refractivity contribution in [2.75, 3.05) is 11.9 Å². The van der Waals surface area contributed by atoms with E-state index in [2.05, 4.69) is 15.3 Å². The van der Waals surface area contributed by atoms with E-state index in [1.54, 1.807) is 17.0 Å². The van der Waals surface area contributed by atoms with Crippen LogP contribution in [0.1, 0.15) is 17.7 Å². The van der Waals surface area contributed by atoms with Gasteiger partial charge in [0.25, 0.3) is 0 Å². The highest BCUT2D eigenvalue weighted by atomic mass is 19.1. The number of nitriles is 1. The summed E-state index contributed by atoms with van der Waals surface area (Å²) in [5, 5.41) is 11.7. The summed E-state index contributed by atoms with van der Waals surface area (Å²) in [5.41, 5.74) is 1.12. The summed E-state index contributed by atoms with van der Waals surface area (Å²) in [4.78, 5) is 22.1. The third-order valence-corrected chi connectivity index (χ3v) is 3.67. The van der Waals surface area contributed by atoms with Crippen LogP contribution in [0.3, 0.4) is 0 Å². The molecule has 23 heavy (non-hydrogen) atoms. The van der Waals surface area contributed by atoms with Gasteiger partial charge in [0.05, 0.1) is 12.4 Å². The van der Waals surface area contributed by atoms with E-state index in [4.69, 9.17) is 5.26 Å². The van der Waals surface area contributed by atoms with E-state index in [0.717, 1.165) is 5.56 Å². The van der Waals surface area contributed by atoms with Crippen molar-refractivity contribution in [3.05, 3.63) is 53.7 Å². The Labute approximate surface area is 132 Å². The number of aromatic nitrogens is 2. The molecule has 0 spiro atoms. The molecule has 6 nitrogen and oxygen atoms in total. The minimum Gasteiger partial charge on any atom is -0.357 e. The van der Waals surface area contributed by atoms with E-state index in [-0.39, 0.29) is 23.5 Å². The molecule has 0 bridgehead atoms. The summed E-state index contributed by atoms with van der Waals surface area (Å²) in [6.45, 7) is 1.08. The van der Waals surface area contributed by atoms with Gasteiger partial charge in [0.1, 0.15) is 23.7 Å². The lowest BCUT2D eigenvalue weighted by atomic mass is 10.2. The molecule has 1 aromatic heterocycles. The van der Waals surface area contributed by atoms with Crippen LogP contribution in [0.2, 0.25) is 0 Å². The quantitative estimate of drug-likeness (QED) is 0.929. The number of carbonyl (C=O) groups excluding carboxylic acids is 1. The van der Waals surface area contributed by atoms with Crippen molar-refractivity contribution in [3.63, 3.8) is 0 Å². The van der Waals surface area contributed by atoms with E-state index in [1.165, 1.54) is 24.5 Å². The van der Waals surface area contributed by atoms with Crippen LogP contribution in [-0.4, -0.2) is 33.4 Å². The van der Waals surface area contributed by atoms with Gasteiger partial charge in [-0.15, -0.1) is 0 Å². The van der Waals surface area contributed by atoms with Gasteiger partial charge in [0.15, 0.2) is 5.69 Å². The molecule has 3 rings (SSSR count). The molecule has 2 aromatic rings. The van der Waals surface area contributed by atoms with E-state index < -0.39 is 0 Å². The molecule has 1 atom stereocenters. The van der Waals surface area contributed by atoms with Crippen molar-refractivity contribution in [2.24, 2.45) is 0 Å². The predicted molar refractivity (Wildman–Crippen MR) is 80.6 cm³/mol. The SMILES string of the molecule is N#Cc1cnc(NC2CCN(Cc3ccc(F)cc3)C2=O)cn1. The molecule has 2 heterocycles. The Bertz CT molecular complexity index is 739. The zero-order valence-corrected chi connectivity index (χ0v) is 12.2. The summed E-state index contributed by atoms with van der Waals surface area (Å²) in [7, 11) is 0. The van der Waals surface area contributed by atoms with Crippen LogP contribution in [0.15, 0.2) is 36.7 Å². The average molecular weight is 311 g/mol. The lowest BCUT2D eigenvalue weighted by Crippen LogP contribution is -2.33. The first-order chi connectivity index (χ1) is 11.2. The highest BCUT2D eigenvalue weighted by Crippen LogP contribution is 2.18. The van der Waals surface area contributed by atoms with Gasteiger partial charge in [0.2, 0.25) is 5.91 Å². The second-order valence-electron chi connectivity index (χ2n) is 5.27. The van der Waals surface area contributed by atoms with Crippen LogP contribution >= 0.6 is 0 Å². The minimum atomic E-state index is -0.363. The molecule has 1 fully saturated rings. The molecular formula is C16H14FN5O. The summed E-state index contributed by atoms with van der Waals surface area (Å²) >= 11 is 0. The topological polar surface area (TPSA) is 81.9 Å². The molecule has 1 aromatic carbocycles. The van der Waals surface area contributed by atoms with Crippen LogP contribution < -0.4 is 5.32 Å². The Balaban J connectivity index is 1.61. The molecule has 116 valence electrons. The fraction of sp³-hybridized carbons (Fsp3) is 0.250. The zero-order chi connectivity index (χ0) is 16.2. The number of hydrogen-bond acceptors (Lipinski definition) is 5. The van der Waals surface area contributed by atoms with Gasteiger partial charge in [-0.2, -0.15) is 5.26 Å². The second kappa shape index (κ2) is 6.40. The maximum Gasteiger partial charge on any atom is 0.245 e. The van der Waals surface area contributed by atoms with Crippen molar-refractivity contribution in [1.82, 2.24) is 14.9 Å². The molecular weight excluding hydrogens is 297 g/mol. The van der Waals surface area contributed by atoms with Crippen LogP contribution in [-0.2, 0) is 11.3 Å². The van der Waals surface area contributed by atoms with Gasteiger partial charge < -0.3 is 10.2 Å². The highest BCUT2D eigenvalue weighted by molar-refractivity contribution is 5.86. The fourth-order valence-electron chi connectivity index (χ4n) is 2.48. The van der Waals surface area contributed by atoms with Gasteiger partial charge in [-0.1, -0.05) is 12.1 Å². The predicted octanol–water partition coefficient (Wildman–Crippen LogP) is 1.70. The van der Waals surface area contributed by atoms with Crippen LogP contribution in [0, 0.1) is 17.1 Å². The van der Waals surface area contributed by atoms with E-state index in [9.17, 15) is 9.18 Å². The average Bonchev–Trinajstić information content (AvgIpc) is 2.91. The number of hydrogen-bond donors (Lipinski definition) is 1. The first kappa shape index (κ1) is 14.9. The van der Waals surface area contributed by atoms with Crippen molar-refractivity contribution in [1.29, 1.82) is 5.26 Å². The van der Waals surface area contributed by atoms with Crippen molar-refractivity contribution < 1.29 is 9.18 Å². The Kier molecular flexibility index (Phi) is 4.15. The Morgan fingerprint density at radius 2 is 2.09 bits per heavy atom. The van der Waals surface area contributed by atoms with E-state index >= 15 is 0 Å². The smallest absolute Gasteiger partial charge is 0.245 e. The Morgan fingerprint density at radius 1 is 1.30 bits per heavy atom. The maximum absolute atomic E-state index is 12.9. The highest BCUT2D eigenvalue weighted by Gasteiger charge is 2.31. The molecule has 0 saturated carbocycles. The van der Waals surface area contributed by atoms with Gasteiger partial charge in [0, 0.05) is 13.1 Å². The van der Waals surface area contributed by atoms with Crippen molar-refractivity contribution in [3.8, 4) is 6.07 Å². The van der Waals surface area contributed by atoms with Crippen LogP contribution in [0.25, 0.3) is 0 Å². The number of likely N-dealkylation sites (tertiary alicyclic amines) is 1. The van der Waals surface area contributed by atoms with Gasteiger partial charge >= 0.3 is 0 Å². The van der Waals surface area contributed by atoms with Crippen LogP contribution in [0.5, 0.6) is 0 Å². The number of rotatable bonds is 4. The molecule has 1 amide bonds. The van der Waals surface area contributed by atoms with Gasteiger partial charge in [-0.25, -0.2) is 14.4 Å². The summed E-state index contributed by atoms with van der Waals surface area (Å²) in [6, 6.07) is 7.65. The lowest BCUT2D eigenvalue weighted by molar-refractivity contribution is -0.128. The maximum atomic E-state index is 12.9. The number of nitrogens with one attached hydrogen (secondary N) is 1. The molecule has 1 N–H and O–H groups in total. The van der Waals surface area contributed by atoms with Gasteiger partial charge in [-0.3, -0.25) is 4.79 Å². The number of benzene rings is 1. The number of anilines is 1. The monoisotopic (exact) mass is 311 g/mol. The van der Waals surface area contributed by atoms with E-state index in [0.29, 0.717) is 25.3 Å². The van der Waals surface area contributed by atoms with Crippen LogP contribution in [0.4, 0.5) is 10.2 Å². The number of amides is 1. The number of carbonyl (C=O) groups is 1. The number of halogens is 1. The number of nitrogens with zero attached hydrogens (tertiary/aromatic N) is 4. The van der Waals surface area contributed by atoms with Crippen molar-refractivity contribution in [2.45, 2.75) is 19.0 Å². The Hall–Kier alpha value is -3.01. The second-order valence-corrected chi connectivity index (χ2v) is 5.27. The third-order valence-electron chi connectivity index (χ3n) is 3.67. The first-order valence-corrected chi connectivity index (χ1v) is 7.17. The molecule has 1 unspecified atom stereocenters. The fourth-order valence-corrected chi connectivity index (χ4v) is 2.48. The molecule has 1 aliphatic rings. The summed E-state index contributed by atoms with van der Waals surface area (Å²) in [6.07, 6.45) is 3.45. The zero-order valence-electron chi connectivity index (χ0n) is 12.2. The third kappa shape index (κ3) is 3.43. The summed E-state index contributed by atoms with van der Waals surface area (Å²) in [5.74, 6) is 0.145. The first-order valence-electron chi connectivity index (χ1n) is 7.17. The van der Waals surface area contributed by atoms with Gasteiger partial charge in [-0.05, 0) is 24.1 Å². The standard InChI is InChI=1S/C16H14FN5O/c17-12-3-1-11(2-4-12)10-22-6-5-14(16(22)23)21-15-9-19-13(7-18)8-20-15/h1-4,8-9,14H,5-6,10H2,(H,20,21). The molecule has 1 saturated heterocycles. The summed E-state index contributed by atoms with van der Waals surface area (Å²) < 4.78 is 12.9. The Morgan fingerprint density at radius 3 is 2.74 bits per heavy atom. The minimum absolute atomic E-state index is 0.0273. The lowest BCUT2D eigenvalue weighted by Gasteiger charge is -2.17. The largest absolute Gasteiger partial charge is 0.357 e. The molecule has 7 heteroatoms. The molecule has 0 radical (unpaired) electrons. The van der Waals surface area contributed by atoms with E-state index in [1.807, 2.05) is 6.07 Å². The molecule has 0 aliphatic carbocycles. The normalized spacial score (nSPS) is 17.1. The molecule has 1 aliphatic heterocycles.